The van der Waals surface area contributed by atoms with Crippen molar-refractivity contribution in [2.24, 2.45) is 0 Å². The average molecular weight is 158 g/mol. The van der Waals surface area contributed by atoms with E-state index in [0.29, 0.717) is 0 Å². The molecule has 0 amide bonds. The van der Waals surface area contributed by atoms with Gasteiger partial charge in [0.25, 0.3) is 0 Å². The van der Waals surface area contributed by atoms with Gasteiger partial charge in [0, 0.05) is 0 Å². The Morgan fingerprint density at radius 1 is 1.14 bits per heavy atom. The van der Waals surface area contributed by atoms with Crippen LogP contribution in [0.15, 0.2) is 0 Å². The minimum Gasteiger partial charge on any atom is -0.264 e. The Kier molecular flexibility index (Phi) is 11.7. The zero-order valence-electron chi connectivity index (χ0n) is 2.83. The van der Waals surface area contributed by atoms with Gasteiger partial charge in [0.1, 0.15) is 0 Å². The molecule has 4 nitrogen and oxygen atoms in total. The molecule has 0 aliphatic heterocycles. The van der Waals surface area contributed by atoms with Crippen molar-refractivity contribution in [2.45, 2.75) is 0 Å². The van der Waals surface area contributed by atoms with E-state index >= 15 is 0 Å². The van der Waals surface area contributed by atoms with E-state index in [1.807, 2.05) is 0 Å². The van der Waals surface area contributed by atoms with Crippen molar-refractivity contribution < 1.29 is 17.5 Å². The number of hydrogen-bond donors (Lipinski definition) is 2. The smallest absolute Gasteiger partial charge is 0.264 e. The SMILES string of the molecule is O=S(=O)(O)O.P.[MgH2]. The van der Waals surface area contributed by atoms with Gasteiger partial charge in [0.05, 0.1) is 0 Å². The van der Waals surface area contributed by atoms with E-state index in [4.69, 9.17) is 17.5 Å². The summed E-state index contributed by atoms with van der Waals surface area (Å²) in [5.41, 5.74) is 0. The van der Waals surface area contributed by atoms with Gasteiger partial charge in [-0.3, -0.25) is 9.11 Å². The van der Waals surface area contributed by atoms with E-state index in [1.165, 1.54) is 0 Å². The van der Waals surface area contributed by atoms with Crippen LogP contribution in [0.4, 0.5) is 0 Å². The quantitative estimate of drug-likeness (QED) is 0.255. The molecule has 0 aromatic carbocycles. The molecule has 0 saturated carbocycles. The maximum Gasteiger partial charge on any atom is 0.394 e. The summed E-state index contributed by atoms with van der Waals surface area (Å²) in [6.07, 6.45) is 0. The van der Waals surface area contributed by atoms with Crippen molar-refractivity contribution in [2.75, 3.05) is 0 Å². The lowest BCUT2D eigenvalue weighted by Crippen LogP contribution is -1.89. The Hall–Kier alpha value is 1.07. The molecule has 1 atom stereocenters. The Balaban J connectivity index is -0.0000000800. The zero-order chi connectivity index (χ0) is 4.50. The van der Waals surface area contributed by atoms with Crippen LogP contribution in [0.25, 0.3) is 0 Å². The second kappa shape index (κ2) is 5.21. The second-order valence-corrected chi connectivity index (χ2v) is 1.34. The highest BCUT2D eigenvalue weighted by molar-refractivity contribution is 7.79. The predicted molar refractivity (Wildman–Crippen MR) is 33.8 cm³/mol. The van der Waals surface area contributed by atoms with Crippen LogP contribution in [0, 0.1) is 0 Å². The van der Waals surface area contributed by atoms with Crippen LogP contribution in [0.2, 0.25) is 0 Å². The summed E-state index contributed by atoms with van der Waals surface area (Å²) in [7, 11) is -4.67. The van der Waals surface area contributed by atoms with Crippen LogP contribution in [-0.2, 0) is 10.4 Å². The average Bonchev–Trinajstić information content (AvgIpc) is 0.722. The molecule has 0 spiro atoms. The molecule has 0 aliphatic carbocycles. The fourth-order valence-electron chi connectivity index (χ4n) is 0. The Labute approximate surface area is 61.0 Å². The van der Waals surface area contributed by atoms with E-state index in [2.05, 4.69) is 0 Å². The van der Waals surface area contributed by atoms with Crippen LogP contribution in [0.1, 0.15) is 0 Å². The summed E-state index contributed by atoms with van der Waals surface area (Å²) in [5, 5.41) is 0. The first-order valence-electron chi connectivity index (χ1n) is 0.698. The van der Waals surface area contributed by atoms with Gasteiger partial charge in [-0.05, 0) is 0 Å². The first-order valence-corrected chi connectivity index (χ1v) is 2.10. The molecular formula is H7MgO4PS. The van der Waals surface area contributed by atoms with Crippen LogP contribution in [0.5, 0.6) is 0 Å². The zero-order valence-corrected chi connectivity index (χ0v) is 5.06. The topological polar surface area (TPSA) is 74.6 Å². The molecule has 0 radical (unpaired) electrons. The monoisotopic (exact) mass is 158 g/mol. The van der Waals surface area contributed by atoms with E-state index in [-0.39, 0.29) is 33.0 Å². The maximum atomic E-state index is 8.74. The lowest BCUT2D eigenvalue weighted by molar-refractivity contribution is 0.381. The lowest BCUT2D eigenvalue weighted by atomic mass is 15.8. The van der Waals surface area contributed by atoms with Gasteiger partial charge in [-0.25, -0.2) is 0 Å². The third kappa shape index (κ3) is 160. The van der Waals surface area contributed by atoms with Gasteiger partial charge in [-0.15, -0.1) is 0 Å². The summed E-state index contributed by atoms with van der Waals surface area (Å²) in [6.45, 7) is 0. The van der Waals surface area contributed by atoms with Crippen LogP contribution in [-0.4, -0.2) is 40.6 Å². The van der Waals surface area contributed by atoms with Crippen molar-refractivity contribution in [1.82, 2.24) is 0 Å². The first-order chi connectivity index (χ1) is 2.00. The standard InChI is InChI=1S/Mg.H2O4S.H3P.2H/c;1-5(2,3)4;;;/h;(H2,1,2,3,4);1H3;;. The van der Waals surface area contributed by atoms with E-state index in [0.717, 1.165) is 0 Å². The highest BCUT2D eigenvalue weighted by atomic mass is 32.3. The summed E-state index contributed by atoms with van der Waals surface area (Å²) < 4.78 is 31.6. The number of hydrogen-bond acceptors (Lipinski definition) is 2. The summed E-state index contributed by atoms with van der Waals surface area (Å²) in [5.74, 6) is 0. The molecule has 0 saturated heterocycles. The van der Waals surface area contributed by atoms with Crippen LogP contribution in [0.3, 0.4) is 0 Å². The largest absolute Gasteiger partial charge is 0.394 e. The molecule has 1 unspecified atom stereocenters. The predicted octanol–water partition coefficient (Wildman–Crippen LogP) is -1.51. The molecule has 2 N–H and O–H groups in total. The highest BCUT2D eigenvalue weighted by Crippen LogP contribution is 1.59. The summed E-state index contributed by atoms with van der Waals surface area (Å²) in [6, 6.07) is 0. The second-order valence-electron chi connectivity index (χ2n) is 0.448. The molecule has 0 heterocycles. The van der Waals surface area contributed by atoms with Gasteiger partial charge in [0.2, 0.25) is 0 Å². The fraction of sp³-hybridized carbons (Fsp3) is 0. The molecule has 7 heavy (non-hydrogen) atoms. The molecule has 0 aromatic heterocycles. The molecule has 0 rings (SSSR count). The molecule has 7 heteroatoms. The van der Waals surface area contributed by atoms with E-state index in [1.54, 1.807) is 0 Å². The normalized spacial score (nSPS) is 8.29. The Morgan fingerprint density at radius 2 is 1.14 bits per heavy atom. The lowest BCUT2D eigenvalue weighted by Gasteiger charge is -1.68. The van der Waals surface area contributed by atoms with Gasteiger partial charge in [-0.1, -0.05) is 0 Å². The first kappa shape index (κ1) is 15.7. The number of rotatable bonds is 0. The van der Waals surface area contributed by atoms with Crippen molar-refractivity contribution in [3.63, 3.8) is 0 Å². The van der Waals surface area contributed by atoms with E-state index in [9.17, 15) is 0 Å². The third-order valence-electron chi connectivity index (χ3n) is 0. The van der Waals surface area contributed by atoms with Gasteiger partial charge < -0.3 is 0 Å². The van der Waals surface area contributed by atoms with Crippen molar-refractivity contribution in [3.05, 3.63) is 0 Å². The molecule has 0 bridgehead atoms. The minimum absolute atomic E-state index is 0. The molecule has 44 valence electrons. The fourth-order valence-corrected chi connectivity index (χ4v) is 0. The third-order valence-corrected chi connectivity index (χ3v) is 0. The van der Waals surface area contributed by atoms with Gasteiger partial charge in [-0.2, -0.15) is 18.3 Å². The summed E-state index contributed by atoms with van der Waals surface area (Å²) in [4.78, 5) is 0. The molecule has 0 aliphatic rings. The van der Waals surface area contributed by atoms with E-state index < -0.39 is 10.4 Å². The maximum absolute atomic E-state index is 8.74. The van der Waals surface area contributed by atoms with Crippen molar-refractivity contribution in [3.8, 4) is 0 Å². The van der Waals surface area contributed by atoms with Gasteiger partial charge in [0.15, 0.2) is 0 Å². The molecule has 0 aromatic rings. The van der Waals surface area contributed by atoms with Crippen LogP contribution < -0.4 is 0 Å². The molecular weight excluding hydrogens is 151 g/mol. The minimum atomic E-state index is -4.67. The van der Waals surface area contributed by atoms with Gasteiger partial charge >= 0.3 is 33.5 Å². The molecule has 0 fully saturated rings. The Bertz CT molecular complexity index is 94.9. The van der Waals surface area contributed by atoms with Crippen molar-refractivity contribution >= 4 is 43.4 Å². The van der Waals surface area contributed by atoms with Crippen LogP contribution >= 0.6 is 9.90 Å². The van der Waals surface area contributed by atoms with Crippen molar-refractivity contribution in [1.29, 1.82) is 0 Å². The highest BCUT2D eigenvalue weighted by Gasteiger charge is 1.84. The summed E-state index contributed by atoms with van der Waals surface area (Å²) >= 11 is 0. The Morgan fingerprint density at radius 3 is 1.14 bits per heavy atom.